The van der Waals surface area contributed by atoms with Crippen LogP contribution in [0.2, 0.25) is 0 Å². The van der Waals surface area contributed by atoms with Crippen molar-refractivity contribution in [1.29, 1.82) is 0 Å². The zero-order chi connectivity index (χ0) is 19.4. The molecule has 7 nitrogen and oxygen atoms in total. The van der Waals surface area contributed by atoms with Gasteiger partial charge in [-0.15, -0.1) is 0 Å². The Hall–Kier alpha value is -2.97. The molecule has 0 bridgehead atoms. The van der Waals surface area contributed by atoms with E-state index >= 15 is 0 Å². The van der Waals surface area contributed by atoms with Crippen LogP contribution in [0, 0.1) is 6.92 Å². The molecule has 8 heteroatoms. The smallest absolute Gasteiger partial charge is 0.227 e. The Bertz CT molecular complexity index is 1070. The van der Waals surface area contributed by atoms with Gasteiger partial charge < -0.3 is 10.1 Å². The van der Waals surface area contributed by atoms with Crippen molar-refractivity contribution in [1.82, 2.24) is 9.97 Å². The summed E-state index contributed by atoms with van der Waals surface area (Å²) in [6.07, 6.45) is 0. The van der Waals surface area contributed by atoms with E-state index in [1.54, 1.807) is 31.4 Å². The largest absolute Gasteiger partial charge is 0.496 e. The molecular formula is C19H20N4O3S. The Kier molecular flexibility index (Phi) is 5.38. The predicted molar refractivity (Wildman–Crippen MR) is 105 cm³/mol. The number of primary sulfonamides is 1. The Balaban J connectivity index is 1.93. The molecule has 0 amide bonds. The number of nitrogens with zero attached hydrogens (tertiary/aromatic N) is 2. The lowest BCUT2D eigenvalue weighted by Crippen LogP contribution is -2.14. The van der Waals surface area contributed by atoms with Crippen LogP contribution in [0.15, 0.2) is 54.6 Å². The Morgan fingerprint density at radius 3 is 2.59 bits per heavy atom. The van der Waals surface area contributed by atoms with Crippen molar-refractivity contribution in [2.75, 3.05) is 12.4 Å². The van der Waals surface area contributed by atoms with Crippen LogP contribution in [-0.2, 0) is 15.8 Å². The summed E-state index contributed by atoms with van der Waals surface area (Å²) in [6.45, 7) is 1.88. The van der Waals surface area contributed by atoms with Gasteiger partial charge in [-0.25, -0.2) is 23.5 Å². The zero-order valence-corrected chi connectivity index (χ0v) is 15.8. The van der Waals surface area contributed by atoms with Gasteiger partial charge in [-0.2, -0.15) is 0 Å². The second kappa shape index (κ2) is 7.73. The molecule has 0 fully saturated rings. The van der Waals surface area contributed by atoms with E-state index in [-0.39, 0.29) is 5.75 Å². The molecule has 0 saturated heterocycles. The summed E-state index contributed by atoms with van der Waals surface area (Å²) in [4.78, 5) is 8.98. The molecule has 3 rings (SSSR count). The van der Waals surface area contributed by atoms with Gasteiger partial charge in [0.25, 0.3) is 0 Å². The molecule has 0 radical (unpaired) electrons. The number of aromatic nitrogens is 2. The first-order valence-corrected chi connectivity index (χ1v) is 9.91. The third-order valence-corrected chi connectivity index (χ3v) is 4.52. The van der Waals surface area contributed by atoms with E-state index in [0.717, 1.165) is 22.7 Å². The fourth-order valence-electron chi connectivity index (χ4n) is 2.72. The van der Waals surface area contributed by atoms with E-state index < -0.39 is 10.0 Å². The second-order valence-electron chi connectivity index (χ2n) is 6.05. The van der Waals surface area contributed by atoms with Gasteiger partial charge in [-0.05, 0) is 42.8 Å². The Morgan fingerprint density at radius 1 is 1.07 bits per heavy atom. The third kappa shape index (κ3) is 5.02. The van der Waals surface area contributed by atoms with Gasteiger partial charge in [0.2, 0.25) is 16.0 Å². The number of hydrogen-bond donors (Lipinski definition) is 2. The van der Waals surface area contributed by atoms with Crippen LogP contribution in [0.3, 0.4) is 0 Å². The number of benzene rings is 2. The van der Waals surface area contributed by atoms with Crippen molar-refractivity contribution in [3.05, 3.63) is 65.9 Å². The van der Waals surface area contributed by atoms with Gasteiger partial charge in [0, 0.05) is 16.9 Å². The molecule has 3 N–H and O–H groups in total. The highest BCUT2D eigenvalue weighted by Crippen LogP contribution is 2.29. The van der Waals surface area contributed by atoms with Gasteiger partial charge >= 0.3 is 0 Å². The standard InChI is InChI=1S/C19H20N4O3S/c1-13-10-17(16-8-3-4-9-18(16)26-2)23-19(21-13)22-15-7-5-6-14(11-15)12-27(20,24)25/h3-11H,12H2,1-2H3,(H2,20,24,25)(H,21,22,23). The summed E-state index contributed by atoms with van der Waals surface area (Å²) in [6, 6.07) is 16.5. The average molecular weight is 384 g/mol. The molecule has 0 aliphatic rings. The lowest BCUT2D eigenvalue weighted by atomic mass is 10.1. The number of rotatable bonds is 6. The molecule has 140 valence electrons. The van der Waals surface area contributed by atoms with E-state index in [9.17, 15) is 8.42 Å². The highest BCUT2D eigenvalue weighted by molar-refractivity contribution is 7.88. The van der Waals surface area contributed by atoms with E-state index in [1.807, 2.05) is 37.3 Å². The summed E-state index contributed by atoms with van der Waals surface area (Å²) in [5.74, 6) is 0.893. The first-order chi connectivity index (χ1) is 12.8. The highest BCUT2D eigenvalue weighted by atomic mass is 32.2. The number of methoxy groups -OCH3 is 1. The van der Waals surface area contributed by atoms with Crippen LogP contribution in [0.25, 0.3) is 11.3 Å². The first-order valence-electron chi connectivity index (χ1n) is 8.19. The molecule has 0 aliphatic heterocycles. The van der Waals surface area contributed by atoms with Crippen molar-refractivity contribution in [3.63, 3.8) is 0 Å². The quantitative estimate of drug-likeness (QED) is 0.676. The molecule has 3 aromatic rings. The van der Waals surface area contributed by atoms with Crippen molar-refractivity contribution in [2.24, 2.45) is 5.14 Å². The summed E-state index contributed by atoms with van der Waals surface area (Å²) in [5, 5.41) is 8.24. The maximum atomic E-state index is 11.3. The highest BCUT2D eigenvalue weighted by Gasteiger charge is 2.10. The fourth-order valence-corrected chi connectivity index (χ4v) is 3.36. The number of sulfonamides is 1. The number of ether oxygens (including phenoxy) is 1. The Labute approximate surface area is 158 Å². The topological polar surface area (TPSA) is 107 Å². The van der Waals surface area contributed by atoms with Crippen LogP contribution >= 0.6 is 0 Å². The minimum absolute atomic E-state index is 0.232. The van der Waals surface area contributed by atoms with Gasteiger partial charge in [0.1, 0.15) is 5.75 Å². The molecule has 0 saturated carbocycles. The maximum Gasteiger partial charge on any atom is 0.227 e. The van der Waals surface area contributed by atoms with Gasteiger partial charge in [0.05, 0.1) is 18.6 Å². The number of para-hydroxylation sites is 1. The lowest BCUT2D eigenvalue weighted by molar-refractivity contribution is 0.416. The molecule has 0 unspecified atom stereocenters. The Morgan fingerprint density at radius 2 is 1.85 bits per heavy atom. The van der Waals surface area contributed by atoms with Gasteiger partial charge in [-0.3, -0.25) is 0 Å². The maximum absolute atomic E-state index is 11.3. The molecule has 1 heterocycles. The van der Waals surface area contributed by atoms with E-state index in [1.165, 1.54) is 0 Å². The SMILES string of the molecule is COc1ccccc1-c1cc(C)nc(Nc2cccc(CS(N)(=O)=O)c2)n1. The third-order valence-electron chi connectivity index (χ3n) is 3.79. The zero-order valence-electron chi connectivity index (χ0n) is 15.0. The number of nitrogens with two attached hydrogens (primary N) is 1. The molecular weight excluding hydrogens is 364 g/mol. The molecule has 27 heavy (non-hydrogen) atoms. The summed E-state index contributed by atoms with van der Waals surface area (Å²) in [5.41, 5.74) is 3.63. The van der Waals surface area contributed by atoms with E-state index in [4.69, 9.17) is 9.88 Å². The van der Waals surface area contributed by atoms with Gasteiger partial charge in [0.15, 0.2) is 0 Å². The van der Waals surface area contributed by atoms with Crippen LogP contribution in [-0.4, -0.2) is 25.5 Å². The number of nitrogens with one attached hydrogen (secondary N) is 1. The summed E-state index contributed by atoms with van der Waals surface area (Å²) in [7, 11) is -1.98. The molecule has 2 aromatic carbocycles. The van der Waals surface area contributed by atoms with Crippen LogP contribution < -0.4 is 15.2 Å². The van der Waals surface area contributed by atoms with Crippen molar-refractivity contribution in [3.8, 4) is 17.0 Å². The van der Waals surface area contributed by atoms with Crippen molar-refractivity contribution in [2.45, 2.75) is 12.7 Å². The molecule has 0 aliphatic carbocycles. The van der Waals surface area contributed by atoms with Crippen molar-refractivity contribution >= 4 is 21.7 Å². The van der Waals surface area contributed by atoms with Crippen LogP contribution in [0.4, 0.5) is 11.6 Å². The van der Waals surface area contributed by atoms with Crippen LogP contribution in [0.1, 0.15) is 11.3 Å². The van der Waals surface area contributed by atoms with E-state index in [2.05, 4.69) is 15.3 Å². The van der Waals surface area contributed by atoms with Gasteiger partial charge in [-0.1, -0.05) is 24.3 Å². The second-order valence-corrected chi connectivity index (χ2v) is 7.67. The summed E-state index contributed by atoms with van der Waals surface area (Å²) >= 11 is 0. The van der Waals surface area contributed by atoms with Crippen LogP contribution in [0.5, 0.6) is 5.75 Å². The summed E-state index contributed by atoms with van der Waals surface area (Å²) < 4.78 is 28.0. The fraction of sp³-hybridized carbons (Fsp3) is 0.158. The number of hydrogen-bond acceptors (Lipinski definition) is 6. The first kappa shape index (κ1) is 18.8. The predicted octanol–water partition coefficient (Wildman–Crippen LogP) is 2.99. The minimum Gasteiger partial charge on any atom is -0.496 e. The van der Waals surface area contributed by atoms with E-state index in [0.29, 0.717) is 17.2 Å². The minimum atomic E-state index is -3.60. The average Bonchev–Trinajstić information content (AvgIpc) is 2.60. The lowest BCUT2D eigenvalue weighted by Gasteiger charge is -2.11. The normalized spacial score (nSPS) is 11.2. The monoisotopic (exact) mass is 384 g/mol. The molecule has 0 atom stereocenters. The molecule has 1 aromatic heterocycles. The number of anilines is 2. The van der Waals surface area contributed by atoms with Crippen molar-refractivity contribution < 1.29 is 13.2 Å². The molecule has 0 spiro atoms. The number of aryl methyl sites for hydroxylation is 1.